The molecule has 1 unspecified atom stereocenters. The Morgan fingerprint density at radius 1 is 0.719 bits per heavy atom. The number of thiazole rings is 1. The predicted octanol–water partition coefficient (Wildman–Crippen LogP) is 9.24. The number of aromatic nitrogens is 1. The van der Waals surface area contributed by atoms with Gasteiger partial charge in [0.2, 0.25) is 5.60 Å². The Labute approximate surface area is 383 Å². The number of carbonyl (C=O) groups is 3. The molecule has 1 saturated heterocycles. The molecule has 0 saturated carbocycles. The van der Waals surface area contributed by atoms with E-state index in [-0.39, 0.29) is 28.7 Å². The number of anilines is 1. The Morgan fingerprint density at radius 2 is 1.16 bits per heavy atom. The molecular weight excluding hydrogens is 862 g/mol. The van der Waals surface area contributed by atoms with Gasteiger partial charge < -0.3 is 20.6 Å². The molecule has 3 N–H and O–H groups in total. The van der Waals surface area contributed by atoms with Crippen molar-refractivity contribution in [2.45, 2.75) is 22.6 Å². The molecule has 0 aliphatic carbocycles. The van der Waals surface area contributed by atoms with Gasteiger partial charge in [0.25, 0.3) is 11.8 Å². The summed E-state index contributed by atoms with van der Waals surface area (Å²) in [5.41, 5.74) is 3.14. The molecule has 318 valence electrons. The van der Waals surface area contributed by atoms with Gasteiger partial charge in [0, 0.05) is 33.7 Å². The first-order valence-corrected chi connectivity index (χ1v) is 22.9. The van der Waals surface area contributed by atoms with Crippen molar-refractivity contribution in [3.05, 3.63) is 238 Å². The number of nitrogens with zero attached hydrogens (tertiary/aromatic N) is 3. The van der Waals surface area contributed by atoms with E-state index >= 15 is 0 Å². The quantitative estimate of drug-likeness (QED) is 0.0305. The van der Waals surface area contributed by atoms with Crippen LogP contribution in [-0.2, 0) is 30.4 Å². The summed E-state index contributed by atoms with van der Waals surface area (Å²) in [6.07, 6.45) is 0. The lowest BCUT2D eigenvalue weighted by atomic mass is 9.77. The van der Waals surface area contributed by atoms with Crippen molar-refractivity contribution in [1.82, 2.24) is 15.2 Å². The highest BCUT2D eigenvalue weighted by Crippen LogP contribution is 2.44. The number of hydrogen-bond donors (Lipinski definition) is 3. The van der Waals surface area contributed by atoms with Gasteiger partial charge in [-0.15, -0.1) is 34.7 Å². The summed E-state index contributed by atoms with van der Waals surface area (Å²) in [5.74, 6) is -2.31. The van der Waals surface area contributed by atoms with E-state index in [0.29, 0.717) is 10.7 Å². The van der Waals surface area contributed by atoms with Crippen LogP contribution in [0.1, 0.15) is 39.1 Å². The van der Waals surface area contributed by atoms with Gasteiger partial charge in [-0.1, -0.05) is 187 Å². The number of oxime groups is 1. The molecule has 2 amide bonds. The Kier molecular flexibility index (Phi) is 12.2. The topological polar surface area (TPSA) is 133 Å². The van der Waals surface area contributed by atoms with Crippen molar-refractivity contribution in [3.8, 4) is 0 Å². The number of nitrogens with one attached hydrogen (secondary N) is 2. The molecule has 0 radical (unpaired) electrons. The van der Waals surface area contributed by atoms with Gasteiger partial charge in [-0.3, -0.25) is 14.5 Å². The van der Waals surface area contributed by atoms with E-state index in [1.54, 1.807) is 5.38 Å². The monoisotopic (exact) mass is 901 g/mol. The van der Waals surface area contributed by atoms with E-state index < -0.39 is 40.3 Å². The molecular formula is C51H40ClN5O5S2. The lowest BCUT2D eigenvalue weighted by Gasteiger charge is -2.49. The zero-order valence-corrected chi connectivity index (χ0v) is 36.5. The van der Waals surface area contributed by atoms with E-state index in [2.05, 4.69) is 47.0 Å². The second-order valence-electron chi connectivity index (χ2n) is 15.1. The van der Waals surface area contributed by atoms with Crippen molar-refractivity contribution in [1.29, 1.82) is 0 Å². The molecule has 6 aromatic carbocycles. The summed E-state index contributed by atoms with van der Waals surface area (Å²) in [6, 6.07) is 58.1. The minimum atomic E-state index is -1.35. The highest BCUT2D eigenvalue weighted by atomic mass is 35.5. The van der Waals surface area contributed by atoms with Gasteiger partial charge in [0.15, 0.2) is 10.8 Å². The molecule has 1 aromatic heterocycles. The van der Waals surface area contributed by atoms with Crippen LogP contribution in [0.25, 0.3) is 0 Å². The number of carboxylic acids is 1. The zero-order chi connectivity index (χ0) is 44.1. The van der Waals surface area contributed by atoms with Crippen LogP contribution in [0.4, 0.5) is 5.13 Å². The maximum absolute atomic E-state index is 14.9. The van der Waals surface area contributed by atoms with Gasteiger partial charge in [0.1, 0.15) is 28.3 Å². The molecule has 64 heavy (non-hydrogen) atoms. The van der Waals surface area contributed by atoms with Crippen LogP contribution < -0.4 is 10.6 Å². The van der Waals surface area contributed by atoms with E-state index in [1.165, 1.54) is 28.0 Å². The zero-order valence-electron chi connectivity index (χ0n) is 34.1. The minimum Gasteiger partial charge on any atom is -0.477 e. The molecule has 9 rings (SSSR count). The van der Waals surface area contributed by atoms with E-state index in [4.69, 9.17) is 26.6 Å². The maximum Gasteiger partial charge on any atom is 0.352 e. The number of β-lactam (4-membered cyclic amide) rings is 1. The Balaban J connectivity index is 1.17. The van der Waals surface area contributed by atoms with Crippen molar-refractivity contribution < 1.29 is 24.3 Å². The number of alkyl halides is 1. The molecule has 2 aliphatic rings. The molecule has 0 spiro atoms. The number of thioether (sulfide) groups is 1. The molecule has 7 aromatic rings. The Morgan fingerprint density at radius 3 is 1.58 bits per heavy atom. The first-order chi connectivity index (χ1) is 31.3. The van der Waals surface area contributed by atoms with Crippen LogP contribution in [0.5, 0.6) is 0 Å². The molecule has 13 heteroatoms. The third kappa shape index (κ3) is 7.74. The van der Waals surface area contributed by atoms with Gasteiger partial charge in [-0.05, 0) is 22.3 Å². The van der Waals surface area contributed by atoms with E-state index in [9.17, 15) is 19.5 Å². The molecule has 1 fully saturated rings. The number of fused-ring (bicyclic) bond motifs is 1. The third-order valence-corrected chi connectivity index (χ3v) is 13.8. The summed E-state index contributed by atoms with van der Waals surface area (Å²) in [4.78, 5) is 54.1. The fourth-order valence-electron chi connectivity index (χ4n) is 8.37. The van der Waals surface area contributed by atoms with E-state index in [0.717, 1.165) is 33.4 Å². The highest BCUT2D eigenvalue weighted by Gasteiger charge is 2.54. The number of amides is 2. The van der Waals surface area contributed by atoms with Crippen molar-refractivity contribution in [3.63, 3.8) is 0 Å². The second-order valence-corrected chi connectivity index (χ2v) is 17.3. The highest BCUT2D eigenvalue weighted by molar-refractivity contribution is 8.00. The molecule has 3 heterocycles. The molecule has 10 nitrogen and oxygen atoms in total. The number of hydrogen-bond acceptors (Lipinski definition) is 9. The Hall–Kier alpha value is -6.99. The SMILES string of the molecule is O=C(O)C1=C(CCl)CS[C@H]2C(NC(=O)C(=NOC(c3ccccc3)(c3ccccc3)c3ccccc3)c3csc(NC(c4ccccc4)(c4ccccc4)c4ccccc4)n3)C(=O)N12. The number of aliphatic carboxylic acids is 1. The van der Waals surface area contributed by atoms with Crippen LogP contribution in [0.2, 0.25) is 0 Å². The summed E-state index contributed by atoms with van der Waals surface area (Å²) in [7, 11) is 0. The number of carboxylic acid groups (broad SMARTS) is 1. The number of carbonyl (C=O) groups excluding carboxylic acids is 2. The van der Waals surface area contributed by atoms with E-state index in [1.807, 2.05) is 146 Å². The molecule has 0 bridgehead atoms. The summed E-state index contributed by atoms with van der Waals surface area (Å²) < 4.78 is 0. The van der Waals surface area contributed by atoms with Crippen LogP contribution in [0.15, 0.2) is 204 Å². The average molecular weight is 902 g/mol. The summed E-state index contributed by atoms with van der Waals surface area (Å²) in [6.45, 7) is 0. The molecule has 2 atom stereocenters. The Bertz CT molecular complexity index is 2640. The fourth-order valence-corrected chi connectivity index (χ4v) is 10.8. The lowest BCUT2D eigenvalue weighted by molar-refractivity contribution is -0.150. The van der Waals surface area contributed by atoms with Crippen LogP contribution in [-0.4, -0.2) is 61.5 Å². The summed E-state index contributed by atoms with van der Waals surface area (Å²) in [5, 5.41) is 23.0. The normalized spacial score (nSPS) is 16.4. The number of benzene rings is 6. The average Bonchev–Trinajstić information content (AvgIpc) is 3.82. The second kappa shape index (κ2) is 18.4. The van der Waals surface area contributed by atoms with Gasteiger partial charge in [0.05, 0.1) is 0 Å². The summed E-state index contributed by atoms with van der Waals surface area (Å²) >= 11 is 8.72. The van der Waals surface area contributed by atoms with Gasteiger partial charge >= 0.3 is 5.97 Å². The first-order valence-electron chi connectivity index (χ1n) is 20.5. The fraction of sp³-hybridized carbons (Fsp3) is 0.118. The van der Waals surface area contributed by atoms with Crippen LogP contribution >= 0.6 is 34.7 Å². The van der Waals surface area contributed by atoms with Crippen LogP contribution in [0, 0.1) is 0 Å². The first kappa shape index (κ1) is 42.3. The van der Waals surface area contributed by atoms with Crippen molar-refractivity contribution in [2.24, 2.45) is 5.16 Å². The smallest absolute Gasteiger partial charge is 0.352 e. The largest absolute Gasteiger partial charge is 0.477 e. The van der Waals surface area contributed by atoms with Gasteiger partial charge in [-0.25, -0.2) is 9.78 Å². The minimum absolute atomic E-state index is 0.0391. The number of rotatable bonds is 15. The van der Waals surface area contributed by atoms with Crippen molar-refractivity contribution >= 4 is 63.3 Å². The maximum atomic E-state index is 14.9. The lowest BCUT2D eigenvalue weighted by Crippen LogP contribution is -2.71. The third-order valence-electron chi connectivity index (χ3n) is 11.4. The standard InChI is InChI=1S/C51H40ClN5O5S2/c52-31-34-32-63-47-43(46(59)57(47)44(34)48(60)61)54-45(58)42(56-62-51(38-25-13-4-14-26-38,39-27-15-5-16-28-39)40-29-17-6-18-30-40)41-33-64-49(53-41)55-50(35-19-7-1-8-20-35,36-21-9-2-10-22-36)37-23-11-3-12-24-37/h1-30,33,43,47H,31-32H2,(H,53,55)(H,54,58)(H,60,61)/t43?,47-/m0/s1. The van der Waals surface area contributed by atoms with Crippen molar-refractivity contribution in [2.75, 3.05) is 16.9 Å². The number of halogens is 1. The van der Waals surface area contributed by atoms with Crippen LogP contribution in [0.3, 0.4) is 0 Å². The molecule has 2 aliphatic heterocycles. The van der Waals surface area contributed by atoms with Gasteiger partial charge in [-0.2, -0.15) is 0 Å². The predicted molar refractivity (Wildman–Crippen MR) is 252 cm³/mol.